The lowest BCUT2D eigenvalue weighted by molar-refractivity contribution is -0.116. The Labute approximate surface area is 157 Å². The highest BCUT2D eigenvalue weighted by atomic mass is 16.5. The highest BCUT2D eigenvalue weighted by Gasteiger charge is 2.28. The fourth-order valence-electron chi connectivity index (χ4n) is 3.52. The summed E-state index contributed by atoms with van der Waals surface area (Å²) in [4.78, 5) is 26.7. The maximum absolute atomic E-state index is 12.7. The molecule has 27 heavy (non-hydrogen) atoms. The Hall–Kier alpha value is -3.34. The van der Waals surface area contributed by atoms with Gasteiger partial charge in [0, 0.05) is 35.7 Å². The summed E-state index contributed by atoms with van der Waals surface area (Å²) in [5, 5.41) is 4.94. The number of hydrogen-bond acceptors (Lipinski definition) is 3. The van der Waals surface area contributed by atoms with Crippen LogP contribution < -0.4 is 15.0 Å². The van der Waals surface area contributed by atoms with Gasteiger partial charge in [-0.05, 0) is 36.1 Å². The Morgan fingerprint density at radius 1 is 1.07 bits per heavy atom. The monoisotopic (exact) mass is 360 g/mol. The third-order valence-electron chi connectivity index (χ3n) is 4.79. The number of anilines is 2. The molecule has 0 aromatic heterocycles. The molecular formula is C22H20N2O3. The van der Waals surface area contributed by atoms with Gasteiger partial charge < -0.3 is 15.0 Å². The second kappa shape index (κ2) is 7.11. The van der Waals surface area contributed by atoms with E-state index in [9.17, 15) is 9.59 Å². The van der Waals surface area contributed by atoms with Crippen LogP contribution in [0.25, 0.3) is 10.8 Å². The van der Waals surface area contributed by atoms with Gasteiger partial charge in [-0.2, -0.15) is 0 Å². The summed E-state index contributed by atoms with van der Waals surface area (Å²) >= 11 is 0. The van der Waals surface area contributed by atoms with E-state index in [1.54, 1.807) is 18.1 Å². The molecule has 1 aliphatic heterocycles. The minimum absolute atomic E-state index is 0.00926. The lowest BCUT2D eigenvalue weighted by Crippen LogP contribution is -2.28. The van der Waals surface area contributed by atoms with Crippen LogP contribution in [-0.4, -0.2) is 25.5 Å². The summed E-state index contributed by atoms with van der Waals surface area (Å²) < 4.78 is 5.16. The highest BCUT2D eigenvalue weighted by Crippen LogP contribution is 2.37. The van der Waals surface area contributed by atoms with Crippen LogP contribution in [0.5, 0.6) is 5.75 Å². The minimum Gasteiger partial charge on any atom is -0.497 e. The van der Waals surface area contributed by atoms with Crippen LogP contribution in [0.2, 0.25) is 0 Å². The number of nitrogens with zero attached hydrogens (tertiary/aromatic N) is 1. The van der Waals surface area contributed by atoms with Gasteiger partial charge in [-0.25, -0.2) is 0 Å². The lowest BCUT2D eigenvalue weighted by Gasteiger charge is -2.17. The van der Waals surface area contributed by atoms with Gasteiger partial charge in [0.25, 0.3) is 5.91 Å². The van der Waals surface area contributed by atoms with Gasteiger partial charge in [-0.1, -0.05) is 30.3 Å². The van der Waals surface area contributed by atoms with E-state index in [-0.39, 0.29) is 11.8 Å². The summed E-state index contributed by atoms with van der Waals surface area (Å²) in [6.45, 7) is 0.512. The molecule has 2 amide bonds. The summed E-state index contributed by atoms with van der Waals surface area (Å²) in [6.07, 6.45) is 0.930. The van der Waals surface area contributed by atoms with Gasteiger partial charge >= 0.3 is 0 Å². The molecule has 0 atom stereocenters. The van der Waals surface area contributed by atoms with Gasteiger partial charge in [-0.3, -0.25) is 9.59 Å². The average Bonchev–Trinajstić information content (AvgIpc) is 2.96. The zero-order valence-corrected chi connectivity index (χ0v) is 15.1. The third kappa shape index (κ3) is 3.24. The molecule has 3 aromatic carbocycles. The van der Waals surface area contributed by atoms with Crippen molar-refractivity contribution in [3.63, 3.8) is 0 Å². The van der Waals surface area contributed by atoms with Crippen molar-refractivity contribution in [2.24, 2.45) is 0 Å². The quantitative estimate of drug-likeness (QED) is 0.716. The number of nitrogens with one attached hydrogen (secondary N) is 1. The number of rotatable bonds is 6. The molecule has 0 radical (unpaired) electrons. The van der Waals surface area contributed by atoms with E-state index in [0.29, 0.717) is 30.8 Å². The van der Waals surface area contributed by atoms with E-state index in [2.05, 4.69) is 5.32 Å². The van der Waals surface area contributed by atoms with Crippen molar-refractivity contribution in [2.45, 2.75) is 12.8 Å². The Balaban J connectivity index is 1.39. The SMILES string of the molecule is COc1cccc(NC(=O)CCCN2C(=O)c3cccc4cccc2c34)c1. The minimum atomic E-state index is -0.0781. The topological polar surface area (TPSA) is 58.6 Å². The molecule has 0 spiro atoms. The molecule has 5 heteroatoms. The molecule has 0 saturated carbocycles. The van der Waals surface area contributed by atoms with Crippen LogP contribution in [-0.2, 0) is 4.79 Å². The van der Waals surface area contributed by atoms with Crippen molar-refractivity contribution in [1.29, 1.82) is 0 Å². The van der Waals surface area contributed by atoms with E-state index in [1.165, 1.54) is 0 Å². The summed E-state index contributed by atoms with van der Waals surface area (Å²) in [5.41, 5.74) is 2.37. The van der Waals surface area contributed by atoms with Crippen LogP contribution in [0.3, 0.4) is 0 Å². The smallest absolute Gasteiger partial charge is 0.258 e. The standard InChI is InChI=1S/C22H20N2O3/c1-27-17-9-4-8-16(14-17)23-20(25)12-5-13-24-19-11-3-7-15-6-2-10-18(21(15)19)22(24)26/h2-4,6-11,14H,5,12-13H2,1H3,(H,23,25). The molecule has 0 saturated heterocycles. The normalized spacial score (nSPS) is 12.5. The Kier molecular flexibility index (Phi) is 4.50. The predicted molar refractivity (Wildman–Crippen MR) is 106 cm³/mol. The maximum atomic E-state index is 12.7. The molecule has 1 aliphatic rings. The van der Waals surface area contributed by atoms with Crippen LogP contribution in [0.15, 0.2) is 60.7 Å². The second-order valence-electron chi connectivity index (χ2n) is 6.52. The number of ether oxygens (including phenoxy) is 1. The van der Waals surface area contributed by atoms with Crippen LogP contribution >= 0.6 is 0 Å². The zero-order valence-electron chi connectivity index (χ0n) is 15.1. The van der Waals surface area contributed by atoms with E-state index in [0.717, 1.165) is 22.0 Å². The van der Waals surface area contributed by atoms with Gasteiger partial charge in [0.05, 0.1) is 12.8 Å². The fraction of sp³-hybridized carbons (Fsp3) is 0.182. The van der Waals surface area contributed by atoms with Crippen molar-refractivity contribution >= 4 is 34.0 Å². The van der Waals surface area contributed by atoms with E-state index in [1.807, 2.05) is 54.6 Å². The molecule has 3 aromatic rings. The molecule has 0 unspecified atom stereocenters. The van der Waals surface area contributed by atoms with Crippen molar-refractivity contribution in [1.82, 2.24) is 0 Å². The van der Waals surface area contributed by atoms with Crippen molar-refractivity contribution in [2.75, 3.05) is 23.9 Å². The van der Waals surface area contributed by atoms with Gasteiger partial charge in [0.1, 0.15) is 5.75 Å². The molecule has 1 heterocycles. The van der Waals surface area contributed by atoms with Crippen LogP contribution in [0.1, 0.15) is 23.2 Å². The first-order valence-corrected chi connectivity index (χ1v) is 8.95. The number of methoxy groups -OCH3 is 1. The molecule has 0 fully saturated rings. The molecule has 4 rings (SSSR count). The van der Waals surface area contributed by atoms with Crippen molar-refractivity contribution in [3.05, 3.63) is 66.2 Å². The Morgan fingerprint density at radius 3 is 2.67 bits per heavy atom. The average molecular weight is 360 g/mol. The van der Waals surface area contributed by atoms with Gasteiger partial charge in [0.2, 0.25) is 5.91 Å². The first-order valence-electron chi connectivity index (χ1n) is 8.95. The van der Waals surface area contributed by atoms with Gasteiger partial charge in [0.15, 0.2) is 0 Å². The molecule has 0 bridgehead atoms. The van der Waals surface area contributed by atoms with Crippen molar-refractivity contribution < 1.29 is 14.3 Å². The molecular weight excluding hydrogens is 340 g/mol. The predicted octanol–water partition coefficient (Wildman–Crippen LogP) is 4.23. The van der Waals surface area contributed by atoms with Crippen LogP contribution in [0.4, 0.5) is 11.4 Å². The number of benzene rings is 3. The maximum Gasteiger partial charge on any atom is 0.258 e. The molecule has 136 valence electrons. The molecule has 5 nitrogen and oxygen atoms in total. The fourth-order valence-corrected chi connectivity index (χ4v) is 3.52. The second-order valence-corrected chi connectivity index (χ2v) is 6.52. The largest absolute Gasteiger partial charge is 0.497 e. The highest BCUT2D eigenvalue weighted by molar-refractivity contribution is 6.25. The first-order chi connectivity index (χ1) is 13.2. The number of carbonyl (C=O) groups excluding carboxylic acids is 2. The van der Waals surface area contributed by atoms with E-state index >= 15 is 0 Å². The number of hydrogen-bond donors (Lipinski definition) is 1. The molecule has 0 aliphatic carbocycles. The molecule has 1 N–H and O–H groups in total. The summed E-state index contributed by atoms with van der Waals surface area (Å²) in [6, 6.07) is 19.0. The number of amides is 2. The Bertz CT molecular complexity index is 1020. The lowest BCUT2D eigenvalue weighted by atomic mass is 10.1. The van der Waals surface area contributed by atoms with Crippen LogP contribution in [0, 0.1) is 0 Å². The summed E-state index contributed by atoms with van der Waals surface area (Å²) in [5.74, 6) is 0.627. The van der Waals surface area contributed by atoms with Crippen molar-refractivity contribution in [3.8, 4) is 5.75 Å². The van der Waals surface area contributed by atoms with E-state index in [4.69, 9.17) is 4.74 Å². The number of carbonyl (C=O) groups is 2. The first kappa shape index (κ1) is 17.1. The third-order valence-corrected chi connectivity index (χ3v) is 4.79. The zero-order chi connectivity index (χ0) is 18.8. The van der Waals surface area contributed by atoms with Gasteiger partial charge in [-0.15, -0.1) is 0 Å². The Morgan fingerprint density at radius 2 is 1.85 bits per heavy atom. The van der Waals surface area contributed by atoms with E-state index < -0.39 is 0 Å². The summed E-state index contributed by atoms with van der Waals surface area (Å²) in [7, 11) is 1.59.